The van der Waals surface area contributed by atoms with Gasteiger partial charge in [0.25, 0.3) is 17.0 Å². The quantitative estimate of drug-likeness (QED) is 0.386. The Hall–Kier alpha value is -3.51. The Labute approximate surface area is 250 Å². The molecule has 0 saturated carbocycles. The highest BCUT2D eigenvalue weighted by Crippen LogP contribution is 2.46. The number of allylic oxidation sites excluding steroid dienone is 1. The van der Waals surface area contributed by atoms with Gasteiger partial charge in [-0.1, -0.05) is 47.9 Å². The molecular formula is C24H17FN4O7S5. The van der Waals surface area contributed by atoms with Crippen molar-refractivity contribution in [3.63, 3.8) is 0 Å². The number of hydrogen-bond donors (Lipinski definition) is 2. The van der Waals surface area contributed by atoms with Crippen LogP contribution in [0.25, 0.3) is 11.0 Å². The summed E-state index contributed by atoms with van der Waals surface area (Å²) in [5.41, 5.74) is -0.912. The minimum absolute atomic E-state index is 0.00241. The number of aromatic nitrogens is 2. The molecule has 3 aromatic rings. The molecule has 5 rings (SSSR count). The zero-order valence-corrected chi connectivity index (χ0v) is 25.0. The molecule has 2 aliphatic heterocycles. The van der Waals surface area contributed by atoms with Gasteiger partial charge >= 0.3 is 11.9 Å². The van der Waals surface area contributed by atoms with Gasteiger partial charge < -0.3 is 15.1 Å². The normalized spacial score (nSPS) is 18.9. The first-order valence-corrected chi connectivity index (χ1v) is 15.1. The predicted molar refractivity (Wildman–Crippen MR) is 159 cm³/mol. The SMILES string of the molecule is CN1C(=O)/C(=c2\s/c(=c3/sc(=C/C(F)=C4/Sc5ccccc5N4C)c(=O)n3CC(=O)O)c(=O)n2CC(=O)O)SC1=S. The lowest BCUT2D eigenvalue weighted by Gasteiger charge is -2.13. The number of thiazole rings is 2. The second-order valence-corrected chi connectivity index (χ2v) is 13.3. The molecule has 1 fully saturated rings. The standard InChI is InChI=1S/C24H17FN4O7S5/c1-26-11-5-3-4-6-12(11)38-21(26)10(25)7-13-18(34)28(8-14(30)31)22(39-13)17-20(36)29(9-15(32)33)23(40-17)16-19(35)27(2)24(37)41-16/h3-7H,8-9H2,1-2H3,(H,30,31)(H,32,33)/b13-7?,21-10-,22-17+,23-16+. The molecule has 11 nitrogen and oxygen atoms in total. The van der Waals surface area contributed by atoms with Crippen LogP contribution in [0.1, 0.15) is 0 Å². The highest BCUT2D eigenvalue weighted by atomic mass is 32.2. The number of para-hydroxylation sites is 1. The Morgan fingerprint density at radius 3 is 2.15 bits per heavy atom. The van der Waals surface area contributed by atoms with Crippen LogP contribution >= 0.6 is 58.4 Å². The minimum Gasteiger partial charge on any atom is -0.480 e. The molecule has 2 N–H and O–H groups in total. The molecule has 2 aliphatic rings. The molecule has 0 radical (unpaired) electrons. The fraction of sp³-hybridized carbons (Fsp3) is 0.167. The first-order valence-electron chi connectivity index (χ1n) is 11.4. The van der Waals surface area contributed by atoms with Gasteiger partial charge in [0.05, 0.1) is 10.2 Å². The number of thiocarbonyl (C=S) groups is 1. The summed E-state index contributed by atoms with van der Waals surface area (Å²) in [4.78, 5) is 66.4. The lowest BCUT2D eigenvalue weighted by Crippen LogP contribution is -2.32. The molecule has 1 aromatic carbocycles. The Bertz CT molecular complexity index is 2060. The molecule has 0 aliphatic carbocycles. The number of hydrogen-bond acceptors (Lipinski definition) is 11. The number of anilines is 1. The molecule has 1 saturated heterocycles. The molecule has 0 bridgehead atoms. The van der Waals surface area contributed by atoms with Gasteiger partial charge in [-0.3, -0.25) is 38.0 Å². The summed E-state index contributed by atoms with van der Waals surface area (Å²) >= 11 is 8.64. The lowest BCUT2D eigenvalue weighted by molar-refractivity contribution is -0.138. The van der Waals surface area contributed by atoms with E-state index >= 15 is 4.39 Å². The van der Waals surface area contributed by atoms with E-state index in [0.717, 1.165) is 48.9 Å². The molecule has 0 spiro atoms. The van der Waals surface area contributed by atoms with Crippen molar-refractivity contribution in [1.82, 2.24) is 14.0 Å². The molecule has 212 valence electrons. The Balaban J connectivity index is 1.83. The Morgan fingerprint density at radius 1 is 0.927 bits per heavy atom. The van der Waals surface area contributed by atoms with Crippen molar-refractivity contribution in [2.45, 2.75) is 18.0 Å². The van der Waals surface area contributed by atoms with E-state index in [1.165, 1.54) is 23.7 Å². The zero-order chi connectivity index (χ0) is 29.7. The smallest absolute Gasteiger partial charge is 0.323 e. The molecule has 0 atom stereocenters. The Morgan fingerprint density at radius 2 is 1.56 bits per heavy atom. The summed E-state index contributed by atoms with van der Waals surface area (Å²) in [7, 11) is 3.11. The third-order valence-electron chi connectivity index (χ3n) is 5.93. The maximum Gasteiger partial charge on any atom is 0.323 e. The summed E-state index contributed by atoms with van der Waals surface area (Å²) in [6.07, 6.45) is 0.988. The summed E-state index contributed by atoms with van der Waals surface area (Å²) < 4.78 is 17.0. The molecule has 1 amide bonds. The summed E-state index contributed by atoms with van der Waals surface area (Å²) in [6.45, 7) is -1.63. The fourth-order valence-corrected chi connectivity index (χ4v) is 8.76. The highest BCUT2D eigenvalue weighted by Gasteiger charge is 2.32. The fourth-order valence-electron chi connectivity index (χ4n) is 4.02. The van der Waals surface area contributed by atoms with E-state index in [9.17, 15) is 34.2 Å². The van der Waals surface area contributed by atoms with Crippen LogP contribution in [0.15, 0.2) is 49.6 Å². The summed E-state index contributed by atoms with van der Waals surface area (Å²) in [5.74, 6) is -4.02. The molecule has 2 aromatic heterocycles. The third kappa shape index (κ3) is 5.19. The van der Waals surface area contributed by atoms with Gasteiger partial charge in [-0.2, -0.15) is 0 Å². The second kappa shape index (κ2) is 11.1. The average Bonchev–Trinajstić information content (AvgIpc) is 3.59. The van der Waals surface area contributed by atoms with Crippen molar-refractivity contribution >= 4 is 97.3 Å². The molecule has 17 heteroatoms. The zero-order valence-electron chi connectivity index (χ0n) is 20.9. The maximum atomic E-state index is 15.5. The van der Waals surface area contributed by atoms with Crippen LogP contribution in [-0.2, 0) is 27.5 Å². The van der Waals surface area contributed by atoms with E-state index in [1.807, 2.05) is 24.3 Å². The topological polar surface area (TPSA) is 142 Å². The number of halogens is 1. The van der Waals surface area contributed by atoms with Crippen LogP contribution in [0.2, 0.25) is 0 Å². The van der Waals surface area contributed by atoms with Crippen molar-refractivity contribution in [3.05, 3.63) is 74.2 Å². The minimum atomic E-state index is -1.39. The first-order chi connectivity index (χ1) is 19.4. The number of carbonyl (C=O) groups excluding carboxylic acids is 1. The van der Waals surface area contributed by atoms with Crippen molar-refractivity contribution in [2.75, 3.05) is 19.0 Å². The van der Waals surface area contributed by atoms with Crippen molar-refractivity contribution < 1.29 is 29.0 Å². The van der Waals surface area contributed by atoms with Crippen LogP contribution in [0.3, 0.4) is 0 Å². The summed E-state index contributed by atoms with van der Waals surface area (Å²) in [5, 5.41) is 19.1. The van der Waals surface area contributed by atoms with E-state index in [4.69, 9.17) is 12.2 Å². The number of amides is 1. The van der Waals surface area contributed by atoms with Crippen molar-refractivity contribution in [2.24, 2.45) is 0 Å². The number of nitrogens with zero attached hydrogens (tertiary/aromatic N) is 4. The Kier molecular flexibility index (Phi) is 7.82. The van der Waals surface area contributed by atoms with E-state index in [-0.39, 0.29) is 32.6 Å². The van der Waals surface area contributed by atoms with Gasteiger partial charge in [-0.15, -0.1) is 22.7 Å². The first kappa shape index (κ1) is 29.0. The van der Waals surface area contributed by atoms with Gasteiger partial charge in [0, 0.05) is 19.0 Å². The number of carboxylic acid groups (broad SMARTS) is 2. The van der Waals surface area contributed by atoms with Crippen LogP contribution in [0.5, 0.6) is 0 Å². The maximum absolute atomic E-state index is 15.5. The number of benzene rings is 1. The van der Waals surface area contributed by atoms with Crippen molar-refractivity contribution in [3.8, 4) is 0 Å². The number of rotatable bonds is 5. The van der Waals surface area contributed by atoms with Gasteiger partial charge in [0.2, 0.25) is 0 Å². The van der Waals surface area contributed by atoms with Crippen LogP contribution < -0.4 is 25.2 Å². The number of aliphatic carboxylic acids is 2. The number of carboxylic acids is 2. The van der Waals surface area contributed by atoms with Gasteiger partial charge in [0.15, 0.2) is 5.83 Å². The predicted octanol–water partition coefficient (Wildman–Crippen LogP) is 1.35. The van der Waals surface area contributed by atoms with Crippen LogP contribution in [-0.4, -0.2) is 60.5 Å². The van der Waals surface area contributed by atoms with E-state index in [1.54, 1.807) is 11.9 Å². The summed E-state index contributed by atoms with van der Waals surface area (Å²) in [6, 6.07) is 7.27. The molecule has 41 heavy (non-hydrogen) atoms. The van der Waals surface area contributed by atoms with Crippen LogP contribution in [0, 0.1) is 9.20 Å². The molecular weight excluding hydrogens is 636 g/mol. The van der Waals surface area contributed by atoms with Gasteiger partial charge in [-0.05, 0) is 18.2 Å². The number of fused-ring (bicyclic) bond motifs is 1. The molecule has 0 unspecified atom stereocenters. The van der Waals surface area contributed by atoms with Crippen LogP contribution in [0.4, 0.5) is 10.1 Å². The van der Waals surface area contributed by atoms with Crippen molar-refractivity contribution in [1.29, 1.82) is 0 Å². The number of carbonyl (C=O) groups is 3. The van der Waals surface area contributed by atoms with Gasteiger partial charge in [0.1, 0.15) is 41.2 Å². The largest absolute Gasteiger partial charge is 0.480 e. The monoisotopic (exact) mass is 652 g/mol. The molecule has 4 heterocycles. The number of thioether (sulfide) groups is 2. The lowest BCUT2D eigenvalue weighted by atomic mass is 10.3. The third-order valence-corrected chi connectivity index (χ3v) is 11.3. The average molecular weight is 653 g/mol. The second-order valence-electron chi connectivity index (χ2n) is 8.57. The van der Waals surface area contributed by atoms with Gasteiger partial charge in [-0.25, -0.2) is 4.39 Å². The van der Waals surface area contributed by atoms with E-state index in [0.29, 0.717) is 11.3 Å². The van der Waals surface area contributed by atoms with E-state index < -0.39 is 47.9 Å². The van der Waals surface area contributed by atoms with E-state index in [2.05, 4.69) is 0 Å². The highest BCUT2D eigenvalue weighted by molar-refractivity contribution is 8.30.